The highest BCUT2D eigenvalue weighted by Gasteiger charge is 2.22. The molecule has 0 N–H and O–H groups in total. The molecule has 0 bridgehead atoms. The van der Waals surface area contributed by atoms with E-state index in [4.69, 9.17) is 5.26 Å². The number of rotatable bonds is 1. The molecule has 0 aliphatic heterocycles. The van der Waals surface area contributed by atoms with Crippen molar-refractivity contribution in [2.45, 2.75) is 26.2 Å². The minimum absolute atomic E-state index is 0.309. The first kappa shape index (κ1) is 5.62. The predicted molar refractivity (Wildman–Crippen MR) is 32.1 cm³/mol. The van der Waals surface area contributed by atoms with E-state index < -0.39 is 0 Å². The van der Waals surface area contributed by atoms with Crippen LogP contribution in [0.1, 0.15) is 26.2 Å². The monoisotopic (exact) mass is 109 g/mol. The van der Waals surface area contributed by atoms with Gasteiger partial charge in [-0.3, -0.25) is 0 Å². The maximum absolute atomic E-state index is 8.42. The van der Waals surface area contributed by atoms with Gasteiger partial charge in [0.25, 0.3) is 0 Å². The maximum Gasteiger partial charge on any atom is 0.0655 e. The average molecular weight is 109 g/mol. The molecular formula is C7H11N. The lowest BCUT2D eigenvalue weighted by Gasteiger charge is -2.26. The largest absolute Gasteiger partial charge is 0.198 e. The number of nitriles is 1. The van der Waals surface area contributed by atoms with Crippen molar-refractivity contribution in [2.24, 2.45) is 11.8 Å². The van der Waals surface area contributed by atoms with Crippen LogP contribution in [0.15, 0.2) is 0 Å². The molecule has 0 radical (unpaired) electrons. The highest BCUT2D eigenvalue weighted by molar-refractivity contribution is 4.88. The standard InChI is InChI=1S/C7H11N/c1-6(5-8)7-3-2-4-7/h6-7H,2-4H2,1H3/t6-/m1/s1. The van der Waals surface area contributed by atoms with E-state index in [-0.39, 0.29) is 0 Å². The highest BCUT2D eigenvalue weighted by Crippen LogP contribution is 2.32. The molecule has 8 heavy (non-hydrogen) atoms. The quantitative estimate of drug-likeness (QED) is 0.505. The molecule has 0 aromatic carbocycles. The van der Waals surface area contributed by atoms with Gasteiger partial charge in [0.05, 0.1) is 6.07 Å². The second-order valence-electron chi connectivity index (χ2n) is 2.61. The third-order valence-electron chi connectivity index (χ3n) is 2.06. The van der Waals surface area contributed by atoms with Crippen LogP contribution >= 0.6 is 0 Å². The molecule has 1 rings (SSSR count). The fourth-order valence-electron chi connectivity index (χ4n) is 1.05. The fraction of sp³-hybridized carbons (Fsp3) is 0.857. The predicted octanol–water partition coefficient (Wildman–Crippen LogP) is 1.95. The smallest absolute Gasteiger partial charge is 0.0655 e. The van der Waals surface area contributed by atoms with Gasteiger partial charge in [-0.15, -0.1) is 0 Å². The average Bonchev–Trinajstić information content (AvgIpc) is 1.62. The van der Waals surface area contributed by atoms with Gasteiger partial charge in [0.15, 0.2) is 0 Å². The number of hydrogen-bond donors (Lipinski definition) is 0. The minimum Gasteiger partial charge on any atom is -0.198 e. The van der Waals surface area contributed by atoms with Gasteiger partial charge in [-0.1, -0.05) is 6.42 Å². The first-order valence-corrected chi connectivity index (χ1v) is 3.24. The second kappa shape index (κ2) is 2.17. The molecule has 1 saturated carbocycles. The van der Waals surface area contributed by atoms with Crippen LogP contribution in [-0.4, -0.2) is 0 Å². The third kappa shape index (κ3) is 0.838. The maximum atomic E-state index is 8.42. The summed E-state index contributed by atoms with van der Waals surface area (Å²) in [6.45, 7) is 2.02. The molecule has 1 atom stereocenters. The second-order valence-corrected chi connectivity index (χ2v) is 2.61. The Bertz CT molecular complexity index is 108. The molecule has 0 heterocycles. The van der Waals surface area contributed by atoms with E-state index in [1.165, 1.54) is 19.3 Å². The zero-order chi connectivity index (χ0) is 5.98. The summed E-state index contributed by atoms with van der Waals surface area (Å²) in [6.07, 6.45) is 3.92. The van der Waals surface area contributed by atoms with Gasteiger partial charge in [-0.05, 0) is 25.7 Å². The van der Waals surface area contributed by atoms with Gasteiger partial charge in [-0.25, -0.2) is 0 Å². The Kier molecular flexibility index (Phi) is 1.53. The molecule has 0 amide bonds. The normalized spacial score (nSPS) is 23.5. The lowest BCUT2D eigenvalue weighted by molar-refractivity contribution is 0.260. The molecule has 0 aromatic rings. The molecule has 0 spiro atoms. The Balaban J connectivity index is 2.26. The van der Waals surface area contributed by atoms with Crippen molar-refractivity contribution in [1.82, 2.24) is 0 Å². The molecule has 44 valence electrons. The topological polar surface area (TPSA) is 23.8 Å². The van der Waals surface area contributed by atoms with E-state index in [0.717, 1.165) is 5.92 Å². The first-order chi connectivity index (χ1) is 3.84. The van der Waals surface area contributed by atoms with Crippen LogP contribution in [0.3, 0.4) is 0 Å². The molecule has 1 aliphatic carbocycles. The first-order valence-electron chi connectivity index (χ1n) is 3.24. The van der Waals surface area contributed by atoms with Crippen LogP contribution in [0, 0.1) is 23.2 Å². The Hall–Kier alpha value is -0.510. The minimum atomic E-state index is 0.309. The van der Waals surface area contributed by atoms with E-state index in [1.54, 1.807) is 0 Å². The van der Waals surface area contributed by atoms with Gasteiger partial charge >= 0.3 is 0 Å². The van der Waals surface area contributed by atoms with Crippen molar-refractivity contribution in [3.05, 3.63) is 0 Å². The summed E-state index contributed by atoms with van der Waals surface area (Å²) < 4.78 is 0. The van der Waals surface area contributed by atoms with E-state index in [2.05, 4.69) is 6.07 Å². The lowest BCUT2D eigenvalue weighted by atomic mass is 9.77. The summed E-state index contributed by atoms with van der Waals surface area (Å²) in [4.78, 5) is 0. The van der Waals surface area contributed by atoms with Crippen LogP contribution in [0.25, 0.3) is 0 Å². The summed E-state index contributed by atoms with van der Waals surface area (Å²) in [5, 5.41) is 8.42. The Morgan fingerprint density at radius 1 is 1.62 bits per heavy atom. The molecule has 1 nitrogen and oxygen atoms in total. The Labute approximate surface area is 50.3 Å². The Morgan fingerprint density at radius 3 is 2.38 bits per heavy atom. The van der Waals surface area contributed by atoms with E-state index in [1.807, 2.05) is 6.92 Å². The molecule has 1 heteroatoms. The summed E-state index contributed by atoms with van der Waals surface area (Å²) in [6, 6.07) is 2.27. The molecule has 0 unspecified atom stereocenters. The van der Waals surface area contributed by atoms with Gasteiger partial charge in [0.1, 0.15) is 0 Å². The van der Waals surface area contributed by atoms with Crippen LogP contribution in [0.5, 0.6) is 0 Å². The van der Waals surface area contributed by atoms with Crippen LogP contribution in [0.4, 0.5) is 0 Å². The molecular weight excluding hydrogens is 98.1 g/mol. The zero-order valence-corrected chi connectivity index (χ0v) is 5.22. The molecule has 1 aliphatic rings. The SMILES string of the molecule is C[C@H](C#N)C1CCC1. The number of hydrogen-bond acceptors (Lipinski definition) is 1. The van der Waals surface area contributed by atoms with E-state index in [0.29, 0.717) is 5.92 Å². The van der Waals surface area contributed by atoms with Crippen molar-refractivity contribution in [1.29, 1.82) is 5.26 Å². The molecule has 0 saturated heterocycles. The third-order valence-corrected chi connectivity index (χ3v) is 2.06. The fourth-order valence-corrected chi connectivity index (χ4v) is 1.05. The lowest BCUT2D eigenvalue weighted by Crippen LogP contribution is -2.17. The van der Waals surface area contributed by atoms with Gasteiger partial charge in [0, 0.05) is 5.92 Å². The van der Waals surface area contributed by atoms with Gasteiger partial charge < -0.3 is 0 Å². The summed E-state index contributed by atoms with van der Waals surface area (Å²) in [5.41, 5.74) is 0. The van der Waals surface area contributed by atoms with Crippen LogP contribution in [-0.2, 0) is 0 Å². The highest BCUT2D eigenvalue weighted by atomic mass is 14.3. The van der Waals surface area contributed by atoms with Crippen molar-refractivity contribution in [3.63, 3.8) is 0 Å². The van der Waals surface area contributed by atoms with Crippen LogP contribution < -0.4 is 0 Å². The summed E-state index contributed by atoms with van der Waals surface area (Å²) in [7, 11) is 0. The Morgan fingerprint density at radius 2 is 2.25 bits per heavy atom. The van der Waals surface area contributed by atoms with E-state index >= 15 is 0 Å². The van der Waals surface area contributed by atoms with Crippen molar-refractivity contribution in [3.8, 4) is 6.07 Å². The summed E-state index contributed by atoms with van der Waals surface area (Å²) >= 11 is 0. The molecule has 0 aromatic heterocycles. The van der Waals surface area contributed by atoms with Gasteiger partial charge in [-0.2, -0.15) is 5.26 Å². The number of nitrogens with zero attached hydrogens (tertiary/aromatic N) is 1. The summed E-state index contributed by atoms with van der Waals surface area (Å²) in [5.74, 6) is 1.05. The van der Waals surface area contributed by atoms with Crippen molar-refractivity contribution < 1.29 is 0 Å². The van der Waals surface area contributed by atoms with Crippen molar-refractivity contribution in [2.75, 3.05) is 0 Å². The van der Waals surface area contributed by atoms with Crippen molar-refractivity contribution >= 4 is 0 Å². The zero-order valence-electron chi connectivity index (χ0n) is 5.22. The van der Waals surface area contributed by atoms with Crippen LogP contribution in [0.2, 0.25) is 0 Å². The molecule has 1 fully saturated rings. The van der Waals surface area contributed by atoms with E-state index in [9.17, 15) is 0 Å². The van der Waals surface area contributed by atoms with Gasteiger partial charge in [0.2, 0.25) is 0 Å².